The second kappa shape index (κ2) is 6.30. The summed E-state index contributed by atoms with van der Waals surface area (Å²) in [4.78, 5) is 0. The second-order valence-electron chi connectivity index (χ2n) is 5.14. The summed E-state index contributed by atoms with van der Waals surface area (Å²) in [6, 6.07) is 7.70. The molecule has 0 aliphatic heterocycles. The highest BCUT2D eigenvalue weighted by Crippen LogP contribution is 2.21. The van der Waals surface area contributed by atoms with Gasteiger partial charge >= 0.3 is 0 Å². The number of benzene rings is 1. The van der Waals surface area contributed by atoms with E-state index >= 15 is 0 Å². The molecular formula is C15H21NO. The minimum atomic E-state index is 0.542. The van der Waals surface area contributed by atoms with Crippen LogP contribution in [0.5, 0.6) is 5.75 Å². The van der Waals surface area contributed by atoms with E-state index in [0.29, 0.717) is 24.0 Å². The highest BCUT2D eigenvalue weighted by Gasteiger charge is 2.07. The first-order chi connectivity index (χ1) is 8.02. The van der Waals surface area contributed by atoms with Crippen LogP contribution in [0.15, 0.2) is 18.2 Å². The Balaban J connectivity index is 2.60. The average Bonchev–Trinajstić information content (AvgIpc) is 2.27. The highest BCUT2D eigenvalue weighted by molar-refractivity contribution is 5.41. The largest absolute Gasteiger partial charge is 0.493 e. The number of aryl methyl sites for hydroxylation is 1. The van der Waals surface area contributed by atoms with Crippen molar-refractivity contribution in [1.82, 2.24) is 0 Å². The van der Waals surface area contributed by atoms with E-state index in [9.17, 15) is 0 Å². The Morgan fingerprint density at radius 2 is 2.00 bits per heavy atom. The summed E-state index contributed by atoms with van der Waals surface area (Å²) in [5.41, 5.74) is 1.74. The van der Waals surface area contributed by atoms with Gasteiger partial charge in [-0.05, 0) is 42.9 Å². The van der Waals surface area contributed by atoms with Gasteiger partial charge in [-0.15, -0.1) is 0 Å². The van der Waals surface area contributed by atoms with Crippen molar-refractivity contribution < 1.29 is 4.74 Å². The second-order valence-corrected chi connectivity index (χ2v) is 5.14. The molecule has 0 radical (unpaired) electrons. The van der Waals surface area contributed by atoms with Gasteiger partial charge in [0.15, 0.2) is 0 Å². The Kier molecular flexibility index (Phi) is 5.03. The van der Waals surface area contributed by atoms with Crippen LogP contribution in [0, 0.1) is 30.1 Å². The lowest BCUT2D eigenvalue weighted by Gasteiger charge is -2.16. The smallest absolute Gasteiger partial charge is 0.123 e. The van der Waals surface area contributed by atoms with Gasteiger partial charge in [-0.2, -0.15) is 5.26 Å². The third-order valence-corrected chi connectivity index (χ3v) is 2.71. The SMILES string of the molecule is Cc1ccc(C#N)cc1OCC(C)CC(C)C. The molecule has 0 bridgehead atoms. The molecule has 1 atom stereocenters. The first-order valence-corrected chi connectivity index (χ1v) is 6.16. The van der Waals surface area contributed by atoms with Crippen LogP contribution < -0.4 is 4.74 Å². The quantitative estimate of drug-likeness (QED) is 0.769. The molecule has 1 rings (SSSR count). The molecule has 0 saturated heterocycles. The summed E-state index contributed by atoms with van der Waals surface area (Å²) >= 11 is 0. The minimum Gasteiger partial charge on any atom is -0.493 e. The molecule has 1 aromatic rings. The molecule has 1 unspecified atom stereocenters. The number of hydrogen-bond acceptors (Lipinski definition) is 2. The summed E-state index contributed by atoms with van der Waals surface area (Å²) in [7, 11) is 0. The van der Waals surface area contributed by atoms with E-state index in [0.717, 1.165) is 17.7 Å². The molecule has 0 aliphatic carbocycles. The number of rotatable bonds is 5. The highest BCUT2D eigenvalue weighted by atomic mass is 16.5. The molecule has 0 fully saturated rings. The molecule has 0 amide bonds. The van der Waals surface area contributed by atoms with Gasteiger partial charge in [0.1, 0.15) is 5.75 Å². The van der Waals surface area contributed by atoms with E-state index in [1.807, 2.05) is 25.1 Å². The maximum absolute atomic E-state index is 8.84. The fraction of sp³-hybridized carbons (Fsp3) is 0.533. The normalized spacial score (nSPS) is 12.2. The van der Waals surface area contributed by atoms with E-state index in [2.05, 4.69) is 26.8 Å². The molecule has 0 spiro atoms. The zero-order chi connectivity index (χ0) is 12.8. The Morgan fingerprint density at radius 3 is 2.59 bits per heavy atom. The van der Waals surface area contributed by atoms with Crippen LogP contribution >= 0.6 is 0 Å². The zero-order valence-electron chi connectivity index (χ0n) is 11.2. The van der Waals surface area contributed by atoms with Crippen molar-refractivity contribution >= 4 is 0 Å². The summed E-state index contributed by atoms with van der Waals surface area (Å²) in [6.45, 7) is 9.36. The van der Waals surface area contributed by atoms with Crippen LogP contribution in [0.2, 0.25) is 0 Å². The van der Waals surface area contributed by atoms with Crippen LogP contribution in [0.4, 0.5) is 0 Å². The predicted molar refractivity (Wildman–Crippen MR) is 70.0 cm³/mol. The van der Waals surface area contributed by atoms with Gasteiger partial charge in [0.25, 0.3) is 0 Å². The van der Waals surface area contributed by atoms with Crippen molar-refractivity contribution in [1.29, 1.82) is 5.26 Å². The number of ether oxygens (including phenoxy) is 1. The van der Waals surface area contributed by atoms with Gasteiger partial charge in [0.05, 0.1) is 18.2 Å². The molecule has 17 heavy (non-hydrogen) atoms. The third kappa shape index (κ3) is 4.48. The molecule has 0 aliphatic rings. The maximum atomic E-state index is 8.84. The van der Waals surface area contributed by atoms with Crippen LogP contribution in [-0.4, -0.2) is 6.61 Å². The monoisotopic (exact) mass is 231 g/mol. The van der Waals surface area contributed by atoms with Crippen molar-refractivity contribution in [2.45, 2.75) is 34.1 Å². The van der Waals surface area contributed by atoms with Crippen LogP contribution in [0.3, 0.4) is 0 Å². The lowest BCUT2D eigenvalue weighted by Crippen LogP contribution is -2.11. The van der Waals surface area contributed by atoms with E-state index in [1.165, 1.54) is 0 Å². The fourth-order valence-corrected chi connectivity index (χ4v) is 1.93. The molecule has 0 N–H and O–H groups in total. The first kappa shape index (κ1) is 13.6. The summed E-state index contributed by atoms with van der Waals surface area (Å²) in [5.74, 6) is 2.07. The van der Waals surface area contributed by atoms with E-state index in [1.54, 1.807) is 0 Å². The standard InChI is InChI=1S/C15H21NO/c1-11(2)7-12(3)10-17-15-8-14(9-16)6-5-13(15)4/h5-6,8,11-12H,7,10H2,1-4H3. The van der Waals surface area contributed by atoms with E-state index in [-0.39, 0.29) is 0 Å². The summed E-state index contributed by atoms with van der Waals surface area (Å²) in [5, 5.41) is 8.84. The topological polar surface area (TPSA) is 33.0 Å². The molecule has 0 aromatic heterocycles. The molecule has 2 heteroatoms. The lowest BCUT2D eigenvalue weighted by atomic mass is 10.00. The van der Waals surface area contributed by atoms with Gasteiger partial charge in [0.2, 0.25) is 0 Å². The molecular weight excluding hydrogens is 210 g/mol. The first-order valence-electron chi connectivity index (χ1n) is 6.16. The minimum absolute atomic E-state index is 0.542. The molecule has 0 heterocycles. The summed E-state index contributed by atoms with van der Waals surface area (Å²) in [6.07, 6.45) is 1.16. The molecule has 92 valence electrons. The Hall–Kier alpha value is -1.49. The number of hydrogen-bond donors (Lipinski definition) is 0. The number of nitriles is 1. The van der Waals surface area contributed by atoms with Crippen molar-refractivity contribution in [2.75, 3.05) is 6.61 Å². The Bertz CT molecular complexity index is 404. The van der Waals surface area contributed by atoms with Crippen LogP contribution in [0.25, 0.3) is 0 Å². The van der Waals surface area contributed by atoms with Crippen molar-refractivity contribution in [3.8, 4) is 11.8 Å². The van der Waals surface area contributed by atoms with E-state index in [4.69, 9.17) is 10.00 Å². The maximum Gasteiger partial charge on any atom is 0.123 e. The van der Waals surface area contributed by atoms with Crippen molar-refractivity contribution in [3.05, 3.63) is 29.3 Å². The van der Waals surface area contributed by atoms with Crippen molar-refractivity contribution in [3.63, 3.8) is 0 Å². The van der Waals surface area contributed by atoms with Crippen molar-refractivity contribution in [2.24, 2.45) is 11.8 Å². The van der Waals surface area contributed by atoms with Gasteiger partial charge in [-0.25, -0.2) is 0 Å². The average molecular weight is 231 g/mol. The predicted octanol–water partition coefficient (Wildman–Crippen LogP) is 3.93. The molecule has 0 saturated carbocycles. The molecule has 2 nitrogen and oxygen atoms in total. The van der Waals surface area contributed by atoms with E-state index < -0.39 is 0 Å². The molecule has 1 aromatic carbocycles. The van der Waals surface area contributed by atoms with Crippen LogP contribution in [0.1, 0.15) is 38.3 Å². The van der Waals surface area contributed by atoms with Gasteiger partial charge in [-0.1, -0.05) is 26.8 Å². The lowest BCUT2D eigenvalue weighted by molar-refractivity contribution is 0.237. The third-order valence-electron chi connectivity index (χ3n) is 2.71. The zero-order valence-corrected chi connectivity index (χ0v) is 11.2. The van der Waals surface area contributed by atoms with Crippen LogP contribution in [-0.2, 0) is 0 Å². The number of nitrogens with zero attached hydrogens (tertiary/aromatic N) is 1. The Morgan fingerprint density at radius 1 is 1.29 bits per heavy atom. The van der Waals surface area contributed by atoms with Gasteiger partial charge < -0.3 is 4.74 Å². The van der Waals surface area contributed by atoms with Gasteiger partial charge in [0, 0.05) is 0 Å². The van der Waals surface area contributed by atoms with Gasteiger partial charge in [-0.3, -0.25) is 0 Å². The Labute approximate surface area is 104 Å². The summed E-state index contributed by atoms with van der Waals surface area (Å²) < 4.78 is 5.79. The fourth-order valence-electron chi connectivity index (χ4n) is 1.93.